The van der Waals surface area contributed by atoms with E-state index >= 15 is 0 Å². The minimum absolute atomic E-state index is 0.0187. The number of carbonyl (C=O) groups excluding carboxylic acids is 1. The molecular weight excluding hydrogens is 408 g/mol. The molecular formula is C25H24N2O5. The zero-order valence-electron chi connectivity index (χ0n) is 17.7. The Bertz CT molecular complexity index is 1250. The molecule has 2 aliphatic rings. The van der Waals surface area contributed by atoms with Gasteiger partial charge in [-0.05, 0) is 42.0 Å². The molecule has 1 aliphatic carbocycles. The SMILES string of the molecule is Cc1cn([C@H]2CC[C@@H](COC(=O)CC3c4ccccc4-c4ccccc43)O2)c(=O)[nH]c1=O. The summed E-state index contributed by atoms with van der Waals surface area (Å²) in [5.41, 5.74) is 4.19. The normalized spacial score (nSPS) is 19.5. The summed E-state index contributed by atoms with van der Waals surface area (Å²) >= 11 is 0. The largest absolute Gasteiger partial charge is 0.463 e. The first-order chi connectivity index (χ1) is 15.5. The number of nitrogens with one attached hydrogen (secondary N) is 1. The first kappa shape index (κ1) is 20.5. The number of aromatic amines is 1. The van der Waals surface area contributed by atoms with Gasteiger partial charge in [0, 0.05) is 17.7 Å². The molecule has 0 spiro atoms. The number of esters is 1. The van der Waals surface area contributed by atoms with Gasteiger partial charge in [-0.15, -0.1) is 0 Å². The predicted octanol–water partition coefficient (Wildman–Crippen LogP) is 3.27. The number of rotatable bonds is 5. The van der Waals surface area contributed by atoms with E-state index in [1.54, 1.807) is 6.92 Å². The third-order valence-corrected chi connectivity index (χ3v) is 6.30. The average molecular weight is 432 g/mol. The van der Waals surface area contributed by atoms with Crippen LogP contribution < -0.4 is 11.2 Å². The van der Waals surface area contributed by atoms with Crippen molar-refractivity contribution < 1.29 is 14.3 Å². The molecule has 1 fully saturated rings. The van der Waals surface area contributed by atoms with Crippen LogP contribution >= 0.6 is 0 Å². The first-order valence-corrected chi connectivity index (χ1v) is 10.8. The highest BCUT2D eigenvalue weighted by Gasteiger charge is 2.32. The summed E-state index contributed by atoms with van der Waals surface area (Å²) in [7, 11) is 0. The highest BCUT2D eigenvalue weighted by molar-refractivity contribution is 5.82. The Balaban J connectivity index is 1.22. The molecule has 0 radical (unpaired) electrons. The highest BCUT2D eigenvalue weighted by Crippen LogP contribution is 2.46. The maximum atomic E-state index is 12.7. The summed E-state index contributed by atoms with van der Waals surface area (Å²) in [4.78, 5) is 38.6. The van der Waals surface area contributed by atoms with E-state index in [1.165, 1.54) is 21.9 Å². The van der Waals surface area contributed by atoms with Gasteiger partial charge in [-0.1, -0.05) is 48.5 Å². The maximum absolute atomic E-state index is 12.7. The van der Waals surface area contributed by atoms with E-state index in [0.717, 1.165) is 11.1 Å². The molecule has 7 nitrogen and oxygen atoms in total. The molecule has 2 heterocycles. The van der Waals surface area contributed by atoms with Crippen LogP contribution in [-0.2, 0) is 14.3 Å². The van der Waals surface area contributed by atoms with E-state index < -0.39 is 17.5 Å². The van der Waals surface area contributed by atoms with Crippen LogP contribution in [0.5, 0.6) is 0 Å². The molecule has 1 aliphatic heterocycles. The molecule has 1 N–H and O–H groups in total. The summed E-state index contributed by atoms with van der Waals surface area (Å²) in [6.07, 6.45) is 2.29. The van der Waals surface area contributed by atoms with Crippen LogP contribution in [0.15, 0.2) is 64.3 Å². The molecule has 2 atom stereocenters. The Kier molecular flexibility index (Phi) is 5.27. The standard InChI is InChI=1S/C25H24N2O5/c1-15-13-27(25(30)26-24(15)29)22-11-10-16(32-22)14-31-23(28)12-21-19-8-4-2-6-17(19)18-7-3-5-9-20(18)21/h2-9,13,16,21-22H,10-12,14H2,1H3,(H,26,29,30)/t16-,22+/m0/s1. The van der Waals surface area contributed by atoms with E-state index in [-0.39, 0.29) is 31.0 Å². The molecule has 0 saturated carbocycles. The van der Waals surface area contributed by atoms with E-state index in [1.807, 2.05) is 24.3 Å². The van der Waals surface area contributed by atoms with Crippen LogP contribution in [0.25, 0.3) is 11.1 Å². The number of aromatic nitrogens is 2. The smallest absolute Gasteiger partial charge is 0.330 e. The van der Waals surface area contributed by atoms with E-state index in [0.29, 0.717) is 18.4 Å². The van der Waals surface area contributed by atoms with Gasteiger partial charge in [0.15, 0.2) is 0 Å². The minimum atomic E-state index is -0.498. The molecule has 0 unspecified atom stereocenters. The predicted molar refractivity (Wildman–Crippen MR) is 119 cm³/mol. The highest BCUT2D eigenvalue weighted by atomic mass is 16.6. The van der Waals surface area contributed by atoms with Crippen molar-refractivity contribution in [2.75, 3.05) is 6.61 Å². The molecule has 3 aromatic rings. The van der Waals surface area contributed by atoms with E-state index in [4.69, 9.17) is 9.47 Å². The van der Waals surface area contributed by atoms with Crippen LogP contribution in [0.4, 0.5) is 0 Å². The van der Waals surface area contributed by atoms with Gasteiger partial charge in [-0.25, -0.2) is 4.79 Å². The van der Waals surface area contributed by atoms with Crippen molar-refractivity contribution in [1.29, 1.82) is 0 Å². The van der Waals surface area contributed by atoms with E-state index in [2.05, 4.69) is 29.2 Å². The second-order valence-corrected chi connectivity index (χ2v) is 8.38. The summed E-state index contributed by atoms with van der Waals surface area (Å²) in [5, 5.41) is 0. The third kappa shape index (κ3) is 3.69. The maximum Gasteiger partial charge on any atom is 0.330 e. The van der Waals surface area contributed by atoms with Crippen LogP contribution in [-0.4, -0.2) is 28.2 Å². The van der Waals surface area contributed by atoms with Gasteiger partial charge in [0.1, 0.15) is 12.8 Å². The number of aryl methyl sites for hydroxylation is 1. The molecule has 0 bridgehead atoms. The number of fused-ring (bicyclic) bond motifs is 3. The number of benzene rings is 2. The number of carbonyl (C=O) groups is 1. The molecule has 7 heteroatoms. The zero-order chi connectivity index (χ0) is 22.2. The Hall–Kier alpha value is -3.45. The van der Waals surface area contributed by atoms with Gasteiger partial charge in [0.05, 0.1) is 12.5 Å². The Morgan fingerprint density at radius 3 is 2.41 bits per heavy atom. The topological polar surface area (TPSA) is 90.4 Å². The third-order valence-electron chi connectivity index (χ3n) is 6.30. The van der Waals surface area contributed by atoms with Crippen molar-refractivity contribution in [2.45, 2.75) is 44.4 Å². The van der Waals surface area contributed by atoms with Crippen LogP contribution in [0, 0.1) is 6.92 Å². The fourth-order valence-electron chi connectivity index (χ4n) is 4.71. The van der Waals surface area contributed by atoms with Crippen molar-refractivity contribution in [2.24, 2.45) is 0 Å². The lowest BCUT2D eigenvalue weighted by molar-refractivity contribution is -0.148. The summed E-state index contributed by atoms with van der Waals surface area (Å²) < 4.78 is 12.9. The van der Waals surface area contributed by atoms with Gasteiger partial charge in [-0.3, -0.25) is 19.1 Å². The van der Waals surface area contributed by atoms with Gasteiger partial charge >= 0.3 is 11.7 Å². The summed E-state index contributed by atoms with van der Waals surface area (Å²) in [5.74, 6) is -0.291. The number of ether oxygens (including phenoxy) is 2. The van der Waals surface area contributed by atoms with Crippen molar-refractivity contribution in [3.63, 3.8) is 0 Å². The van der Waals surface area contributed by atoms with Gasteiger partial charge < -0.3 is 9.47 Å². The molecule has 1 saturated heterocycles. The van der Waals surface area contributed by atoms with Crippen molar-refractivity contribution in [1.82, 2.24) is 9.55 Å². The number of hydrogen-bond donors (Lipinski definition) is 1. The monoisotopic (exact) mass is 432 g/mol. The van der Waals surface area contributed by atoms with Crippen LogP contribution in [0.3, 0.4) is 0 Å². The quantitative estimate of drug-likeness (QED) is 0.625. The molecule has 164 valence electrons. The second-order valence-electron chi connectivity index (χ2n) is 8.38. The zero-order valence-corrected chi connectivity index (χ0v) is 17.7. The van der Waals surface area contributed by atoms with E-state index in [9.17, 15) is 14.4 Å². The van der Waals surface area contributed by atoms with Crippen LogP contribution in [0.2, 0.25) is 0 Å². The molecule has 1 aromatic heterocycles. The van der Waals surface area contributed by atoms with Crippen LogP contribution in [0.1, 0.15) is 48.1 Å². The van der Waals surface area contributed by atoms with Gasteiger partial charge in [-0.2, -0.15) is 0 Å². The molecule has 32 heavy (non-hydrogen) atoms. The lowest BCUT2D eigenvalue weighted by Crippen LogP contribution is -2.33. The number of H-pyrrole nitrogens is 1. The summed E-state index contributed by atoms with van der Waals surface area (Å²) in [6.45, 7) is 1.78. The Labute approximate surface area is 184 Å². The summed E-state index contributed by atoms with van der Waals surface area (Å²) in [6, 6.07) is 16.3. The number of hydrogen-bond acceptors (Lipinski definition) is 5. The lowest BCUT2D eigenvalue weighted by atomic mass is 9.94. The molecule has 5 rings (SSSR count). The Morgan fingerprint density at radius 2 is 1.72 bits per heavy atom. The molecule has 2 aromatic carbocycles. The Morgan fingerprint density at radius 1 is 1.06 bits per heavy atom. The lowest BCUT2D eigenvalue weighted by Gasteiger charge is -2.17. The molecule has 0 amide bonds. The van der Waals surface area contributed by atoms with Crippen molar-refractivity contribution in [3.05, 3.63) is 92.3 Å². The van der Waals surface area contributed by atoms with Gasteiger partial charge in [0.2, 0.25) is 0 Å². The first-order valence-electron chi connectivity index (χ1n) is 10.8. The minimum Gasteiger partial charge on any atom is -0.463 e. The van der Waals surface area contributed by atoms with Crippen molar-refractivity contribution in [3.8, 4) is 11.1 Å². The average Bonchev–Trinajstić information content (AvgIpc) is 3.39. The fraction of sp³-hybridized carbons (Fsp3) is 0.320. The fourth-order valence-corrected chi connectivity index (χ4v) is 4.71. The number of nitrogens with zero attached hydrogens (tertiary/aromatic N) is 1. The van der Waals surface area contributed by atoms with Gasteiger partial charge in [0.25, 0.3) is 5.56 Å². The van der Waals surface area contributed by atoms with Crippen molar-refractivity contribution >= 4 is 5.97 Å². The second kappa shape index (κ2) is 8.24.